The fraction of sp³-hybridized carbons (Fsp3) is 0.650. The van der Waals surface area contributed by atoms with Gasteiger partial charge in [-0.15, -0.1) is 0 Å². The molecule has 0 amide bonds. The Bertz CT molecular complexity index is 587. The zero-order valence-electron chi connectivity index (χ0n) is 15.4. The monoisotopic (exact) mass is 350 g/mol. The quantitative estimate of drug-likeness (QED) is 0.499. The summed E-state index contributed by atoms with van der Waals surface area (Å²) >= 11 is 0. The molecule has 0 aromatic carbocycles. The molecule has 1 aliphatic heterocycles. The van der Waals surface area contributed by atoms with E-state index in [1.165, 1.54) is 0 Å². The number of hydrogen-bond acceptors (Lipinski definition) is 5. The Kier molecular flexibility index (Phi) is 5.92. The Morgan fingerprint density at radius 3 is 2.60 bits per heavy atom. The number of ether oxygens (including phenoxy) is 1. The van der Waals surface area contributed by atoms with Gasteiger partial charge in [0, 0.05) is 12.0 Å². The number of carbonyl (C=O) groups excluding carboxylic acids is 1. The summed E-state index contributed by atoms with van der Waals surface area (Å²) in [5.74, 6) is -0.448. The summed E-state index contributed by atoms with van der Waals surface area (Å²) in [7, 11) is 0. The number of hydrogen-bond donors (Lipinski definition) is 3. The minimum Gasteiger partial charge on any atom is -0.454 e. The molecule has 1 heterocycles. The van der Waals surface area contributed by atoms with Crippen molar-refractivity contribution in [3.63, 3.8) is 0 Å². The molecule has 0 saturated carbocycles. The zero-order chi connectivity index (χ0) is 18.8. The normalized spacial score (nSPS) is 38.9. The molecule has 4 atom stereocenters. The Hall–Kier alpha value is -1.43. The lowest BCUT2D eigenvalue weighted by atomic mass is 9.82. The van der Waals surface area contributed by atoms with Crippen molar-refractivity contribution in [3.8, 4) is 0 Å². The standard InChI is InChI=1S/C20H30O5/c1-13(2)20(24)8-5-15-12-16(25-18(15)22)11-14(3)17(21)6-7-19(4,23)9-10-20/h9-10,12-13,16-17,21,23-24H,3,5-8,11H2,1-2,4H3/b10-9+/t16-,17-,19+,20-/m1/s1. The summed E-state index contributed by atoms with van der Waals surface area (Å²) < 4.78 is 5.34. The second kappa shape index (κ2) is 7.44. The first-order valence-electron chi connectivity index (χ1n) is 8.95. The van der Waals surface area contributed by atoms with Gasteiger partial charge in [-0.25, -0.2) is 4.79 Å². The third-order valence-electron chi connectivity index (χ3n) is 5.29. The number of aliphatic hydroxyl groups is 3. The predicted octanol–water partition coefficient (Wildman–Crippen LogP) is 2.41. The van der Waals surface area contributed by atoms with Crippen LogP contribution in [0, 0.1) is 5.92 Å². The van der Waals surface area contributed by atoms with Crippen molar-refractivity contribution < 1.29 is 24.9 Å². The lowest BCUT2D eigenvalue weighted by Gasteiger charge is -2.31. The van der Waals surface area contributed by atoms with Gasteiger partial charge >= 0.3 is 5.97 Å². The van der Waals surface area contributed by atoms with Gasteiger partial charge in [-0.3, -0.25) is 0 Å². The van der Waals surface area contributed by atoms with E-state index in [0.29, 0.717) is 43.3 Å². The van der Waals surface area contributed by atoms with E-state index in [2.05, 4.69) is 6.58 Å². The Balaban J connectivity index is 2.30. The average Bonchev–Trinajstić information content (AvgIpc) is 2.87. The fourth-order valence-corrected chi connectivity index (χ4v) is 3.16. The van der Waals surface area contributed by atoms with Crippen LogP contribution in [-0.2, 0) is 9.53 Å². The SMILES string of the molecule is C=C1C[C@@H]2C=C(CC[C@](O)(C(C)C)/C=C/[C@@](C)(O)CC[C@H]1O)C(=O)O2. The first kappa shape index (κ1) is 19.9. The minimum absolute atomic E-state index is 0.0772. The molecule has 1 aliphatic carbocycles. The van der Waals surface area contributed by atoms with Crippen molar-refractivity contribution in [2.75, 3.05) is 0 Å². The van der Waals surface area contributed by atoms with E-state index in [0.717, 1.165) is 0 Å². The molecule has 0 aromatic heterocycles. The Labute approximate surface area is 149 Å². The van der Waals surface area contributed by atoms with Gasteiger partial charge in [0.25, 0.3) is 0 Å². The molecule has 0 fully saturated rings. The van der Waals surface area contributed by atoms with E-state index in [1.807, 2.05) is 13.8 Å². The number of aliphatic hydroxyl groups excluding tert-OH is 1. The molecule has 5 heteroatoms. The predicted molar refractivity (Wildman–Crippen MR) is 95.7 cm³/mol. The molecule has 2 bridgehead atoms. The molecule has 0 saturated heterocycles. The van der Waals surface area contributed by atoms with E-state index in [4.69, 9.17) is 4.74 Å². The molecular formula is C20H30O5. The summed E-state index contributed by atoms with van der Waals surface area (Å²) in [4.78, 5) is 12.0. The highest BCUT2D eigenvalue weighted by molar-refractivity contribution is 5.90. The molecule has 3 N–H and O–H groups in total. The highest BCUT2D eigenvalue weighted by Gasteiger charge is 2.33. The smallest absolute Gasteiger partial charge is 0.334 e. The maximum Gasteiger partial charge on any atom is 0.334 e. The lowest BCUT2D eigenvalue weighted by Crippen LogP contribution is -2.34. The van der Waals surface area contributed by atoms with Gasteiger partial charge in [-0.1, -0.05) is 32.6 Å². The second-order valence-electron chi connectivity index (χ2n) is 7.89. The van der Waals surface area contributed by atoms with Crippen LogP contribution in [0.2, 0.25) is 0 Å². The topological polar surface area (TPSA) is 87.0 Å². The second-order valence-corrected chi connectivity index (χ2v) is 7.89. The van der Waals surface area contributed by atoms with Crippen LogP contribution < -0.4 is 0 Å². The summed E-state index contributed by atoms with van der Waals surface area (Å²) in [6.07, 6.45) is 5.60. The molecule has 2 aliphatic rings. The zero-order valence-corrected chi connectivity index (χ0v) is 15.4. The van der Waals surface area contributed by atoms with Gasteiger partial charge < -0.3 is 20.1 Å². The van der Waals surface area contributed by atoms with E-state index in [-0.39, 0.29) is 11.9 Å². The summed E-state index contributed by atoms with van der Waals surface area (Å²) in [5.41, 5.74) is -1.14. The maximum absolute atomic E-state index is 12.0. The molecule has 25 heavy (non-hydrogen) atoms. The van der Waals surface area contributed by atoms with Crippen LogP contribution in [0.4, 0.5) is 0 Å². The molecule has 0 radical (unpaired) electrons. The van der Waals surface area contributed by atoms with Gasteiger partial charge in [-0.2, -0.15) is 0 Å². The Morgan fingerprint density at radius 2 is 1.96 bits per heavy atom. The fourth-order valence-electron chi connectivity index (χ4n) is 3.16. The molecule has 0 unspecified atom stereocenters. The third-order valence-corrected chi connectivity index (χ3v) is 5.29. The molecule has 140 valence electrons. The van der Waals surface area contributed by atoms with Crippen molar-refractivity contribution >= 4 is 5.97 Å². The molecule has 0 spiro atoms. The van der Waals surface area contributed by atoms with Crippen LogP contribution >= 0.6 is 0 Å². The van der Waals surface area contributed by atoms with E-state index >= 15 is 0 Å². The number of rotatable bonds is 1. The van der Waals surface area contributed by atoms with Crippen molar-refractivity contribution in [1.82, 2.24) is 0 Å². The maximum atomic E-state index is 12.0. The summed E-state index contributed by atoms with van der Waals surface area (Å²) in [6, 6.07) is 0. The van der Waals surface area contributed by atoms with Crippen LogP contribution in [-0.4, -0.2) is 44.7 Å². The first-order valence-corrected chi connectivity index (χ1v) is 8.95. The van der Waals surface area contributed by atoms with Crippen molar-refractivity contribution in [2.24, 2.45) is 5.92 Å². The van der Waals surface area contributed by atoms with Gasteiger partial charge in [0.1, 0.15) is 6.10 Å². The Morgan fingerprint density at radius 1 is 1.28 bits per heavy atom. The van der Waals surface area contributed by atoms with Crippen LogP contribution in [0.15, 0.2) is 36.0 Å². The highest BCUT2D eigenvalue weighted by atomic mass is 16.5. The van der Waals surface area contributed by atoms with Crippen LogP contribution in [0.5, 0.6) is 0 Å². The largest absolute Gasteiger partial charge is 0.454 e. The van der Waals surface area contributed by atoms with E-state index < -0.39 is 23.4 Å². The van der Waals surface area contributed by atoms with Crippen LogP contribution in [0.1, 0.15) is 52.9 Å². The number of carbonyl (C=O) groups is 1. The molecule has 0 aromatic rings. The van der Waals surface area contributed by atoms with Crippen LogP contribution in [0.25, 0.3) is 0 Å². The molecule has 2 rings (SSSR count). The molecular weight excluding hydrogens is 320 g/mol. The van der Waals surface area contributed by atoms with E-state index in [1.54, 1.807) is 25.2 Å². The first-order chi connectivity index (χ1) is 11.5. The van der Waals surface area contributed by atoms with Crippen molar-refractivity contribution in [1.29, 1.82) is 0 Å². The average molecular weight is 350 g/mol. The van der Waals surface area contributed by atoms with Gasteiger partial charge in [0.2, 0.25) is 0 Å². The third kappa shape index (κ3) is 5.03. The lowest BCUT2D eigenvalue weighted by molar-refractivity contribution is -0.139. The minimum atomic E-state index is -1.14. The number of esters is 1. The van der Waals surface area contributed by atoms with E-state index in [9.17, 15) is 20.1 Å². The van der Waals surface area contributed by atoms with Gasteiger partial charge in [-0.05, 0) is 50.2 Å². The van der Waals surface area contributed by atoms with Crippen molar-refractivity contribution in [2.45, 2.75) is 76.3 Å². The number of fused-ring (bicyclic) bond motifs is 1. The van der Waals surface area contributed by atoms with Crippen molar-refractivity contribution in [3.05, 3.63) is 36.0 Å². The van der Waals surface area contributed by atoms with Gasteiger partial charge in [0.05, 0.1) is 17.3 Å². The molecule has 5 nitrogen and oxygen atoms in total. The highest BCUT2D eigenvalue weighted by Crippen LogP contribution is 2.32. The summed E-state index contributed by atoms with van der Waals surface area (Å²) in [5, 5.41) is 31.7. The summed E-state index contributed by atoms with van der Waals surface area (Å²) in [6.45, 7) is 9.35. The van der Waals surface area contributed by atoms with Gasteiger partial charge in [0.15, 0.2) is 0 Å². The van der Waals surface area contributed by atoms with Crippen LogP contribution in [0.3, 0.4) is 0 Å².